The third kappa shape index (κ3) is 3.87. The van der Waals surface area contributed by atoms with Gasteiger partial charge in [0.05, 0.1) is 11.8 Å². The highest BCUT2D eigenvalue weighted by Crippen LogP contribution is 2.13. The molecule has 0 aliphatic rings. The minimum Gasteiger partial charge on any atom is -0.505 e. The van der Waals surface area contributed by atoms with Crippen molar-refractivity contribution in [2.24, 2.45) is 0 Å². The first-order valence-corrected chi connectivity index (χ1v) is 5.58. The van der Waals surface area contributed by atoms with Gasteiger partial charge in [-0.15, -0.1) is 0 Å². The van der Waals surface area contributed by atoms with E-state index >= 15 is 0 Å². The molecule has 1 unspecified atom stereocenters. The van der Waals surface area contributed by atoms with Gasteiger partial charge in [0.2, 0.25) is 0 Å². The van der Waals surface area contributed by atoms with Gasteiger partial charge < -0.3 is 10.4 Å². The van der Waals surface area contributed by atoms with E-state index in [4.69, 9.17) is 0 Å². The second kappa shape index (κ2) is 5.70. The smallest absolute Gasteiger partial charge is 0.255 e. The van der Waals surface area contributed by atoms with E-state index in [9.17, 15) is 9.90 Å². The molecule has 0 spiro atoms. The Labute approximate surface area is 96.8 Å². The van der Waals surface area contributed by atoms with Crippen molar-refractivity contribution in [2.45, 2.75) is 18.2 Å². The molecular weight excluding hydrogens is 260 g/mol. The monoisotopic (exact) mass is 272 g/mol. The van der Waals surface area contributed by atoms with Gasteiger partial charge in [0.25, 0.3) is 5.91 Å². The topological polar surface area (TPSA) is 62.2 Å². The fourth-order valence-corrected chi connectivity index (χ4v) is 1.29. The molecule has 15 heavy (non-hydrogen) atoms. The maximum Gasteiger partial charge on any atom is 0.255 e. The summed E-state index contributed by atoms with van der Waals surface area (Å²) in [5, 5.41) is 12.1. The zero-order chi connectivity index (χ0) is 11.3. The molecule has 1 rings (SSSR count). The number of amides is 1. The molecule has 0 aliphatic heterocycles. The van der Waals surface area contributed by atoms with E-state index in [1.54, 1.807) is 0 Å². The molecule has 0 aliphatic carbocycles. The lowest BCUT2D eigenvalue weighted by Crippen LogP contribution is -2.25. The number of nitrogens with one attached hydrogen (secondary N) is 1. The predicted molar refractivity (Wildman–Crippen MR) is 61.2 cm³/mol. The zero-order valence-corrected chi connectivity index (χ0v) is 9.99. The van der Waals surface area contributed by atoms with Crippen LogP contribution in [0, 0.1) is 0 Å². The van der Waals surface area contributed by atoms with E-state index in [2.05, 4.69) is 26.2 Å². The van der Waals surface area contributed by atoms with Gasteiger partial charge in [-0.1, -0.05) is 22.9 Å². The number of carbonyl (C=O) groups excluding carboxylic acids is 1. The average Bonchev–Trinajstić information content (AvgIpc) is 2.17. The van der Waals surface area contributed by atoms with E-state index in [1.807, 2.05) is 6.92 Å². The number of hydrogen-bond acceptors (Lipinski definition) is 3. The second-order valence-corrected chi connectivity index (χ2v) is 4.78. The summed E-state index contributed by atoms with van der Waals surface area (Å²) in [4.78, 5) is 15.6. The second-order valence-electron chi connectivity index (χ2n) is 3.22. The standard InChI is InChI=1S/C10H13BrN2O2/c1-7(11)2-5-13-10(15)8-3-4-12-6-9(8)14/h3-4,6-7,14H,2,5H2,1H3,(H,13,15). The third-order valence-corrected chi connectivity index (χ3v) is 2.33. The van der Waals surface area contributed by atoms with Gasteiger partial charge in [0, 0.05) is 17.6 Å². The van der Waals surface area contributed by atoms with Crippen LogP contribution >= 0.6 is 15.9 Å². The van der Waals surface area contributed by atoms with Gasteiger partial charge in [-0.05, 0) is 12.5 Å². The lowest BCUT2D eigenvalue weighted by molar-refractivity contribution is 0.0950. The van der Waals surface area contributed by atoms with E-state index in [0.717, 1.165) is 6.42 Å². The van der Waals surface area contributed by atoms with Crippen LogP contribution in [0.25, 0.3) is 0 Å². The Balaban J connectivity index is 2.51. The molecule has 1 heterocycles. The highest BCUT2D eigenvalue weighted by atomic mass is 79.9. The van der Waals surface area contributed by atoms with E-state index in [-0.39, 0.29) is 17.2 Å². The number of aromatic nitrogens is 1. The predicted octanol–water partition coefficient (Wildman–Crippen LogP) is 1.69. The Morgan fingerprint density at radius 3 is 3.07 bits per heavy atom. The lowest BCUT2D eigenvalue weighted by atomic mass is 10.2. The zero-order valence-electron chi connectivity index (χ0n) is 8.40. The summed E-state index contributed by atoms with van der Waals surface area (Å²) in [5.74, 6) is -0.370. The van der Waals surface area contributed by atoms with Crippen molar-refractivity contribution in [3.8, 4) is 5.75 Å². The maximum atomic E-state index is 11.5. The van der Waals surface area contributed by atoms with E-state index < -0.39 is 0 Å². The Morgan fingerprint density at radius 1 is 1.73 bits per heavy atom. The van der Waals surface area contributed by atoms with Crippen LogP contribution in [0.5, 0.6) is 5.75 Å². The summed E-state index contributed by atoms with van der Waals surface area (Å²) in [6.45, 7) is 2.59. The highest BCUT2D eigenvalue weighted by Gasteiger charge is 2.09. The van der Waals surface area contributed by atoms with Crippen molar-refractivity contribution in [3.05, 3.63) is 24.0 Å². The molecule has 0 aromatic carbocycles. The molecule has 1 amide bonds. The van der Waals surface area contributed by atoms with E-state index in [1.165, 1.54) is 18.5 Å². The Hall–Kier alpha value is -1.10. The van der Waals surface area contributed by atoms with E-state index in [0.29, 0.717) is 11.4 Å². The minimum atomic E-state index is -0.275. The van der Waals surface area contributed by atoms with Crippen LogP contribution in [0.1, 0.15) is 23.7 Å². The van der Waals surface area contributed by atoms with Crippen LogP contribution in [-0.4, -0.2) is 27.4 Å². The first-order chi connectivity index (χ1) is 7.11. The fraction of sp³-hybridized carbons (Fsp3) is 0.400. The first kappa shape index (κ1) is 12.0. The summed E-state index contributed by atoms with van der Waals surface area (Å²) in [6, 6.07) is 1.49. The number of aromatic hydroxyl groups is 1. The number of carbonyl (C=O) groups is 1. The largest absolute Gasteiger partial charge is 0.505 e. The van der Waals surface area contributed by atoms with Crippen LogP contribution in [0.4, 0.5) is 0 Å². The quantitative estimate of drug-likeness (QED) is 0.820. The molecule has 0 saturated heterocycles. The summed E-state index contributed by atoms with van der Waals surface area (Å²) in [6.07, 6.45) is 3.57. The molecule has 0 saturated carbocycles. The Bertz CT molecular complexity index is 342. The average molecular weight is 273 g/mol. The Morgan fingerprint density at radius 2 is 2.47 bits per heavy atom. The molecule has 5 heteroatoms. The van der Waals surface area contributed by atoms with Crippen LogP contribution < -0.4 is 5.32 Å². The first-order valence-electron chi connectivity index (χ1n) is 4.66. The highest BCUT2D eigenvalue weighted by molar-refractivity contribution is 9.09. The van der Waals surface area contributed by atoms with Crippen molar-refractivity contribution >= 4 is 21.8 Å². The summed E-state index contributed by atoms with van der Waals surface area (Å²) >= 11 is 3.38. The van der Waals surface area contributed by atoms with Gasteiger partial charge in [-0.3, -0.25) is 9.78 Å². The summed E-state index contributed by atoms with van der Waals surface area (Å²) in [7, 11) is 0. The summed E-state index contributed by atoms with van der Waals surface area (Å²) in [5.41, 5.74) is 0.257. The number of halogens is 1. The molecule has 82 valence electrons. The summed E-state index contributed by atoms with van der Waals surface area (Å²) < 4.78 is 0. The number of hydrogen-bond donors (Lipinski definition) is 2. The number of rotatable bonds is 4. The van der Waals surface area contributed by atoms with Crippen molar-refractivity contribution in [3.63, 3.8) is 0 Å². The third-order valence-electron chi connectivity index (χ3n) is 1.87. The van der Waals surface area contributed by atoms with Crippen LogP contribution in [-0.2, 0) is 0 Å². The molecule has 0 fully saturated rings. The molecule has 1 aromatic heterocycles. The molecule has 2 N–H and O–H groups in total. The molecule has 1 atom stereocenters. The van der Waals surface area contributed by atoms with Gasteiger partial charge in [-0.2, -0.15) is 0 Å². The molecule has 0 radical (unpaired) electrons. The lowest BCUT2D eigenvalue weighted by Gasteiger charge is -2.07. The van der Waals surface area contributed by atoms with Crippen LogP contribution in [0.2, 0.25) is 0 Å². The number of alkyl halides is 1. The van der Waals surface area contributed by atoms with Gasteiger partial charge >= 0.3 is 0 Å². The normalized spacial score (nSPS) is 12.1. The van der Waals surface area contributed by atoms with Gasteiger partial charge in [0.1, 0.15) is 5.75 Å². The van der Waals surface area contributed by atoms with Gasteiger partial charge in [0.15, 0.2) is 0 Å². The van der Waals surface area contributed by atoms with Crippen molar-refractivity contribution in [1.82, 2.24) is 10.3 Å². The van der Waals surface area contributed by atoms with Crippen LogP contribution in [0.3, 0.4) is 0 Å². The molecule has 0 bridgehead atoms. The number of pyridine rings is 1. The van der Waals surface area contributed by atoms with Gasteiger partial charge in [-0.25, -0.2) is 0 Å². The SMILES string of the molecule is CC(Br)CCNC(=O)c1ccncc1O. The van der Waals surface area contributed by atoms with Crippen LogP contribution in [0.15, 0.2) is 18.5 Å². The number of nitrogens with zero attached hydrogens (tertiary/aromatic N) is 1. The van der Waals surface area contributed by atoms with Crippen molar-refractivity contribution < 1.29 is 9.90 Å². The van der Waals surface area contributed by atoms with Crippen molar-refractivity contribution in [2.75, 3.05) is 6.54 Å². The van der Waals surface area contributed by atoms with Crippen molar-refractivity contribution in [1.29, 1.82) is 0 Å². The maximum absolute atomic E-state index is 11.5. The fourth-order valence-electron chi connectivity index (χ4n) is 1.06. The molecule has 1 aromatic rings. The Kier molecular flexibility index (Phi) is 4.55. The molecular formula is C10H13BrN2O2. The minimum absolute atomic E-state index is 0.0955. The molecule has 4 nitrogen and oxygen atoms in total.